The first kappa shape index (κ1) is 14.7. The maximum atomic E-state index is 12.0. The lowest BCUT2D eigenvalue weighted by atomic mass is 9.98. The maximum absolute atomic E-state index is 12.0. The van der Waals surface area contributed by atoms with E-state index in [2.05, 4.69) is 36.3 Å². The van der Waals surface area contributed by atoms with Crippen molar-refractivity contribution >= 4 is 22.4 Å². The van der Waals surface area contributed by atoms with Gasteiger partial charge in [-0.2, -0.15) is 0 Å². The van der Waals surface area contributed by atoms with Crippen molar-refractivity contribution in [3.63, 3.8) is 0 Å². The lowest BCUT2D eigenvalue weighted by Gasteiger charge is -2.10. The van der Waals surface area contributed by atoms with Crippen molar-refractivity contribution in [3.8, 4) is 0 Å². The smallest absolute Gasteiger partial charge is 0.226 e. The van der Waals surface area contributed by atoms with Gasteiger partial charge in [-0.1, -0.05) is 62.4 Å². The lowest BCUT2D eigenvalue weighted by molar-refractivity contribution is -0.116. The number of carbonyl (C=O) groups excluding carboxylic acids is 1. The summed E-state index contributed by atoms with van der Waals surface area (Å²) < 4.78 is 0. The predicted octanol–water partition coefficient (Wildman–Crippen LogP) is 3.79. The number of carbonyl (C=O) groups is 1. The highest BCUT2D eigenvalue weighted by molar-refractivity contribution is 7.15. The number of hydrogen-bond acceptors (Lipinski definition) is 4. The highest BCUT2D eigenvalue weighted by Crippen LogP contribution is 2.24. The molecular formula is C15H19N3OS. The number of aromatic nitrogens is 2. The molecule has 2 aromatic rings. The molecule has 1 aromatic carbocycles. The molecule has 0 aliphatic carbocycles. The molecule has 0 aliphatic heterocycles. The standard InChI is InChI=1S/C15H19N3OS/c1-10(2)14-17-18-15(20-14)16-13(19)9-11(3)12-7-5-4-6-8-12/h4-8,10-11H,9H2,1-3H3,(H,16,18,19)/t11-/m1/s1. The van der Waals surface area contributed by atoms with Gasteiger partial charge in [0.1, 0.15) is 5.01 Å². The largest absolute Gasteiger partial charge is 0.301 e. The molecule has 1 amide bonds. The van der Waals surface area contributed by atoms with Crippen LogP contribution in [0.1, 0.15) is 49.6 Å². The summed E-state index contributed by atoms with van der Waals surface area (Å²) in [7, 11) is 0. The van der Waals surface area contributed by atoms with Gasteiger partial charge in [-0.25, -0.2) is 0 Å². The number of nitrogens with zero attached hydrogens (tertiary/aromatic N) is 2. The van der Waals surface area contributed by atoms with Crippen LogP contribution in [-0.2, 0) is 4.79 Å². The zero-order valence-electron chi connectivity index (χ0n) is 12.0. The SMILES string of the molecule is CC(C)c1nnc(NC(=O)C[C@@H](C)c2ccccc2)s1. The van der Waals surface area contributed by atoms with Crippen molar-refractivity contribution in [1.82, 2.24) is 10.2 Å². The van der Waals surface area contributed by atoms with E-state index in [9.17, 15) is 4.79 Å². The van der Waals surface area contributed by atoms with Gasteiger partial charge in [-0.3, -0.25) is 4.79 Å². The Morgan fingerprint density at radius 3 is 2.50 bits per heavy atom. The minimum absolute atomic E-state index is 0.0205. The van der Waals surface area contributed by atoms with Crippen LogP contribution in [-0.4, -0.2) is 16.1 Å². The van der Waals surface area contributed by atoms with Crippen molar-refractivity contribution < 1.29 is 4.79 Å². The highest BCUT2D eigenvalue weighted by Gasteiger charge is 2.14. The summed E-state index contributed by atoms with van der Waals surface area (Å²) in [6.45, 7) is 6.17. The molecule has 0 radical (unpaired) electrons. The highest BCUT2D eigenvalue weighted by atomic mass is 32.1. The van der Waals surface area contributed by atoms with Gasteiger partial charge in [0.25, 0.3) is 0 Å². The number of anilines is 1. The van der Waals surface area contributed by atoms with Crippen molar-refractivity contribution in [2.24, 2.45) is 0 Å². The molecule has 1 aromatic heterocycles. The molecule has 106 valence electrons. The molecule has 0 unspecified atom stereocenters. The van der Waals surface area contributed by atoms with Crippen LogP contribution in [0.15, 0.2) is 30.3 Å². The molecule has 1 N–H and O–H groups in total. The molecule has 1 heterocycles. The Balaban J connectivity index is 1.92. The topological polar surface area (TPSA) is 54.9 Å². The summed E-state index contributed by atoms with van der Waals surface area (Å²) in [6.07, 6.45) is 0.445. The van der Waals surface area contributed by atoms with E-state index in [0.717, 1.165) is 5.01 Å². The Morgan fingerprint density at radius 1 is 1.20 bits per heavy atom. The average molecular weight is 289 g/mol. The first-order valence-corrected chi connectivity index (χ1v) is 7.56. The normalized spacial score (nSPS) is 12.4. The fourth-order valence-electron chi connectivity index (χ4n) is 1.87. The minimum Gasteiger partial charge on any atom is -0.301 e. The third kappa shape index (κ3) is 3.87. The van der Waals surface area contributed by atoms with E-state index < -0.39 is 0 Å². The number of benzene rings is 1. The molecule has 20 heavy (non-hydrogen) atoms. The number of nitrogens with one attached hydrogen (secondary N) is 1. The maximum Gasteiger partial charge on any atom is 0.226 e. The summed E-state index contributed by atoms with van der Waals surface area (Å²) >= 11 is 1.44. The van der Waals surface area contributed by atoms with Crippen molar-refractivity contribution in [2.45, 2.75) is 39.0 Å². The van der Waals surface area contributed by atoms with Gasteiger partial charge < -0.3 is 5.32 Å². The molecule has 2 rings (SSSR count). The zero-order chi connectivity index (χ0) is 14.5. The van der Waals surface area contributed by atoms with Gasteiger partial charge in [-0.05, 0) is 11.5 Å². The first-order valence-electron chi connectivity index (χ1n) is 6.74. The Kier molecular flexibility index (Phi) is 4.84. The lowest BCUT2D eigenvalue weighted by Crippen LogP contribution is -2.14. The quantitative estimate of drug-likeness (QED) is 0.911. The Labute approximate surface area is 123 Å². The minimum atomic E-state index is -0.0205. The zero-order valence-corrected chi connectivity index (χ0v) is 12.8. The summed E-state index contributed by atoms with van der Waals surface area (Å²) in [6, 6.07) is 10.0. The molecule has 0 aliphatic rings. The van der Waals surface area contributed by atoms with E-state index in [4.69, 9.17) is 0 Å². The number of amides is 1. The van der Waals surface area contributed by atoms with Gasteiger partial charge in [0, 0.05) is 12.3 Å². The summed E-state index contributed by atoms with van der Waals surface area (Å²) in [4.78, 5) is 12.0. The van der Waals surface area contributed by atoms with Gasteiger partial charge in [0.05, 0.1) is 0 Å². The van der Waals surface area contributed by atoms with Crippen LogP contribution in [0.2, 0.25) is 0 Å². The monoisotopic (exact) mass is 289 g/mol. The second kappa shape index (κ2) is 6.61. The fraction of sp³-hybridized carbons (Fsp3) is 0.400. The van der Waals surface area contributed by atoms with E-state index in [0.29, 0.717) is 17.5 Å². The number of rotatable bonds is 5. The van der Waals surface area contributed by atoms with E-state index in [1.807, 2.05) is 30.3 Å². The summed E-state index contributed by atoms with van der Waals surface area (Å²) in [5.74, 6) is 0.503. The van der Waals surface area contributed by atoms with Gasteiger partial charge in [0.15, 0.2) is 0 Å². The van der Waals surface area contributed by atoms with E-state index in [1.54, 1.807) is 0 Å². The van der Waals surface area contributed by atoms with Crippen LogP contribution in [0.3, 0.4) is 0 Å². The fourth-order valence-corrected chi connectivity index (χ4v) is 2.63. The molecule has 5 heteroatoms. The molecular weight excluding hydrogens is 270 g/mol. The van der Waals surface area contributed by atoms with Crippen LogP contribution in [0.25, 0.3) is 0 Å². The average Bonchev–Trinajstić information content (AvgIpc) is 2.88. The van der Waals surface area contributed by atoms with Crippen LogP contribution >= 0.6 is 11.3 Å². The van der Waals surface area contributed by atoms with Crippen molar-refractivity contribution in [3.05, 3.63) is 40.9 Å². The number of hydrogen-bond donors (Lipinski definition) is 1. The van der Waals surface area contributed by atoms with Crippen molar-refractivity contribution in [1.29, 1.82) is 0 Å². The molecule has 4 nitrogen and oxygen atoms in total. The van der Waals surface area contributed by atoms with Crippen LogP contribution in [0.5, 0.6) is 0 Å². The molecule has 0 saturated heterocycles. The van der Waals surface area contributed by atoms with E-state index >= 15 is 0 Å². The predicted molar refractivity (Wildman–Crippen MR) is 82.1 cm³/mol. The Morgan fingerprint density at radius 2 is 1.90 bits per heavy atom. The third-order valence-electron chi connectivity index (χ3n) is 3.04. The van der Waals surface area contributed by atoms with Crippen LogP contribution in [0, 0.1) is 0 Å². The molecule has 0 bridgehead atoms. The molecule has 0 spiro atoms. The second-order valence-electron chi connectivity index (χ2n) is 5.16. The van der Waals surface area contributed by atoms with Crippen molar-refractivity contribution in [2.75, 3.05) is 5.32 Å². The van der Waals surface area contributed by atoms with E-state index in [-0.39, 0.29) is 11.8 Å². The Hall–Kier alpha value is -1.75. The first-order chi connectivity index (χ1) is 9.56. The van der Waals surface area contributed by atoms with Crippen LogP contribution < -0.4 is 5.32 Å². The molecule has 0 fully saturated rings. The van der Waals surface area contributed by atoms with Gasteiger partial charge in [0.2, 0.25) is 11.0 Å². The van der Waals surface area contributed by atoms with Crippen LogP contribution in [0.4, 0.5) is 5.13 Å². The van der Waals surface area contributed by atoms with Gasteiger partial charge >= 0.3 is 0 Å². The summed E-state index contributed by atoms with van der Waals surface area (Å²) in [5, 5.41) is 12.4. The third-order valence-corrected chi connectivity index (χ3v) is 4.18. The van der Waals surface area contributed by atoms with E-state index in [1.165, 1.54) is 16.9 Å². The molecule has 1 atom stereocenters. The Bertz CT molecular complexity index is 566. The van der Waals surface area contributed by atoms with Gasteiger partial charge in [-0.15, -0.1) is 10.2 Å². The summed E-state index contributed by atoms with van der Waals surface area (Å²) in [5.41, 5.74) is 1.17. The second-order valence-corrected chi connectivity index (χ2v) is 6.17. The molecule has 0 saturated carbocycles.